The summed E-state index contributed by atoms with van der Waals surface area (Å²) in [6.45, 7) is 2.17. The number of carboxylic acids is 1. The van der Waals surface area contributed by atoms with Crippen LogP contribution in [0, 0.1) is 0 Å². The van der Waals surface area contributed by atoms with Crippen LogP contribution in [0.1, 0.15) is 22.3 Å². The summed E-state index contributed by atoms with van der Waals surface area (Å²) in [6, 6.07) is 8.62. The fourth-order valence-corrected chi connectivity index (χ4v) is 2.06. The Balaban J connectivity index is 1.73. The van der Waals surface area contributed by atoms with E-state index in [0.717, 1.165) is 25.1 Å². The van der Waals surface area contributed by atoms with Crippen LogP contribution in [0.2, 0.25) is 0 Å². The first kappa shape index (κ1) is 15.1. The first-order valence-corrected chi connectivity index (χ1v) is 6.81. The van der Waals surface area contributed by atoms with Gasteiger partial charge in [-0.15, -0.1) is 0 Å². The van der Waals surface area contributed by atoms with Crippen LogP contribution in [0.5, 0.6) is 5.75 Å². The highest BCUT2D eigenvalue weighted by Gasteiger charge is 2.09. The van der Waals surface area contributed by atoms with Crippen LogP contribution in [0.4, 0.5) is 0 Å². The van der Waals surface area contributed by atoms with Crippen LogP contribution in [0.3, 0.4) is 0 Å². The quantitative estimate of drug-likeness (QED) is 0.757. The van der Waals surface area contributed by atoms with Gasteiger partial charge in [-0.25, -0.2) is 4.79 Å². The second-order valence-corrected chi connectivity index (χ2v) is 4.87. The van der Waals surface area contributed by atoms with E-state index in [4.69, 9.17) is 14.3 Å². The maximum atomic E-state index is 11.0. The lowest BCUT2D eigenvalue weighted by molar-refractivity contribution is 0.0692. The number of aromatic carboxylic acids is 1. The molecule has 0 atom stereocenters. The Morgan fingerprint density at radius 2 is 2.14 bits per heavy atom. The molecule has 0 unspecified atom stereocenters. The number of carboxylic acid groups (broad SMARTS) is 1. The van der Waals surface area contributed by atoms with Gasteiger partial charge in [-0.3, -0.25) is 0 Å². The van der Waals surface area contributed by atoms with Crippen LogP contribution in [-0.2, 0) is 6.54 Å². The van der Waals surface area contributed by atoms with Crippen LogP contribution in [-0.4, -0.2) is 36.2 Å². The fourth-order valence-electron chi connectivity index (χ4n) is 2.06. The van der Waals surface area contributed by atoms with Crippen molar-refractivity contribution in [3.05, 3.63) is 54.0 Å². The molecule has 1 heterocycles. The summed E-state index contributed by atoms with van der Waals surface area (Å²) in [5, 5.41) is 9.06. The monoisotopic (exact) mass is 289 g/mol. The van der Waals surface area contributed by atoms with Gasteiger partial charge in [-0.2, -0.15) is 0 Å². The van der Waals surface area contributed by atoms with Gasteiger partial charge in [0.25, 0.3) is 0 Å². The van der Waals surface area contributed by atoms with E-state index >= 15 is 0 Å². The van der Waals surface area contributed by atoms with E-state index in [9.17, 15) is 4.79 Å². The summed E-state index contributed by atoms with van der Waals surface area (Å²) >= 11 is 0. The average molecular weight is 289 g/mol. The molecule has 0 aliphatic heterocycles. The van der Waals surface area contributed by atoms with Crippen molar-refractivity contribution in [2.45, 2.75) is 13.0 Å². The van der Waals surface area contributed by atoms with Gasteiger partial charge in [0.15, 0.2) is 0 Å². The largest absolute Gasteiger partial charge is 0.493 e. The van der Waals surface area contributed by atoms with E-state index in [0.29, 0.717) is 12.4 Å². The molecule has 0 radical (unpaired) electrons. The molecule has 2 rings (SSSR count). The standard InChI is InChI=1S/C16H19NO4/c1-17(11-13-7-10-20-12-13)8-4-9-21-15-6-3-2-5-14(15)16(18)19/h2-3,5-7,10,12H,4,8-9,11H2,1H3,(H,18,19). The maximum Gasteiger partial charge on any atom is 0.339 e. The van der Waals surface area contributed by atoms with E-state index in [-0.39, 0.29) is 5.56 Å². The number of hydrogen-bond acceptors (Lipinski definition) is 4. The van der Waals surface area contributed by atoms with Gasteiger partial charge in [-0.05, 0) is 31.7 Å². The minimum atomic E-state index is -0.970. The summed E-state index contributed by atoms with van der Waals surface area (Å²) < 4.78 is 10.6. The van der Waals surface area contributed by atoms with Gasteiger partial charge in [0.2, 0.25) is 0 Å². The smallest absolute Gasteiger partial charge is 0.339 e. The van der Waals surface area contributed by atoms with Gasteiger partial charge in [0, 0.05) is 18.7 Å². The zero-order chi connectivity index (χ0) is 15.1. The molecule has 5 heteroatoms. The highest BCUT2D eigenvalue weighted by molar-refractivity contribution is 5.90. The van der Waals surface area contributed by atoms with Gasteiger partial charge in [0.1, 0.15) is 11.3 Å². The Kier molecular flexibility index (Phi) is 5.40. The average Bonchev–Trinajstić information content (AvgIpc) is 2.96. The summed E-state index contributed by atoms with van der Waals surface area (Å²) in [5.41, 5.74) is 1.33. The molecule has 1 aromatic carbocycles. The Bertz CT molecular complexity index is 565. The van der Waals surface area contributed by atoms with E-state index < -0.39 is 5.97 Å². The SMILES string of the molecule is CN(CCCOc1ccccc1C(=O)O)Cc1ccoc1. The van der Waals surface area contributed by atoms with Crippen LogP contribution in [0.25, 0.3) is 0 Å². The predicted molar refractivity (Wildman–Crippen MR) is 78.6 cm³/mol. The van der Waals surface area contributed by atoms with E-state index in [1.54, 1.807) is 36.8 Å². The normalized spacial score (nSPS) is 10.8. The van der Waals surface area contributed by atoms with Crippen molar-refractivity contribution in [2.75, 3.05) is 20.2 Å². The second-order valence-electron chi connectivity index (χ2n) is 4.87. The van der Waals surface area contributed by atoms with Crippen molar-refractivity contribution in [3.63, 3.8) is 0 Å². The van der Waals surface area contributed by atoms with E-state index in [1.165, 1.54) is 0 Å². The number of nitrogens with zero attached hydrogens (tertiary/aromatic N) is 1. The highest BCUT2D eigenvalue weighted by Crippen LogP contribution is 2.17. The zero-order valence-corrected chi connectivity index (χ0v) is 12.0. The molecule has 2 aromatic rings. The van der Waals surface area contributed by atoms with Gasteiger partial charge >= 0.3 is 5.97 Å². The molecule has 112 valence electrons. The highest BCUT2D eigenvalue weighted by atomic mass is 16.5. The Morgan fingerprint density at radius 1 is 1.33 bits per heavy atom. The molecule has 0 aliphatic carbocycles. The Labute approximate surface area is 123 Å². The number of rotatable bonds is 8. The minimum Gasteiger partial charge on any atom is -0.493 e. The first-order chi connectivity index (χ1) is 10.2. The number of benzene rings is 1. The van der Waals surface area contributed by atoms with Crippen molar-refractivity contribution >= 4 is 5.97 Å². The summed E-state index contributed by atoms with van der Waals surface area (Å²) in [5.74, 6) is -0.551. The molecule has 0 saturated carbocycles. The number of hydrogen-bond donors (Lipinski definition) is 1. The topological polar surface area (TPSA) is 62.9 Å². The van der Waals surface area contributed by atoms with Crippen molar-refractivity contribution in [1.29, 1.82) is 0 Å². The molecular weight excluding hydrogens is 270 g/mol. The predicted octanol–water partition coefficient (Wildman–Crippen LogP) is 2.88. The summed E-state index contributed by atoms with van der Waals surface area (Å²) in [7, 11) is 2.03. The summed E-state index contributed by atoms with van der Waals surface area (Å²) in [6.07, 6.45) is 4.22. The van der Waals surface area contributed by atoms with Gasteiger partial charge in [-0.1, -0.05) is 12.1 Å². The third-order valence-electron chi connectivity index (χ3n) is 3.09. The molecule has 0 bridgehead atoms. The van der Waals surface area contributed by atoms with E-state index in [1.807, 2.05) is 13.1 Å². The van der Waals surface area contributed by atoms with Crippen LogP contribution in [0.15, 0.2) is 47.3 Å². The van der Waals surface area contributed by atoms with E-state index in [2.05, 4.69) is 4.90 Å². The lowest BCUT2D eigenvalue weighted by Crippen LogP contribution is -2.20. The molecular formula is C16H19NO4. The number of ether oxygens (including phenoxy) is 1. The Hall–Kier alpha value is -2.27. The lowest BCUT2D eigenvalue weighted by atomic mass is 10.2. The lowest BCUT2D eigenvalue weighted by Gasteiger charge is -2.16. The van der Waals surface area contributed by atoms with Crippen molar-refractivity contribution in [1.82, 2.24) is 4.90 Å². The molecule has 0 fully saturated rings. The molecule has 0 saturated heterocycles. The van der Waals surface area contributed by atoms with Gasteiger partial charge < -0.3 is 19.2 Å². The second kappa shape index (κ2) is 7.50. The first-order valence-electron chi connectivity index (χ1n) is 6.81. The zero-order valence-electron chi connectivity index (χ0n) is 12.0. The molecule has 0 amide bonds. The van der Waals surface area contributed by atoms with Crippen LogP contribution < -0.4 is 4.74 Å². The fraction of sp³-hybridized carbons (Fsp3) is 0.312. The van der Waals surface area contributed by atoms with Gasteiger partial charge in [0.05, 0.1) is 19.1 Å². The molecule has 0 aliphatic rings. The number of carbonyl (C=O) groups is 1. The molecule has 0 spiro atoms. The third kappa shape index (κ3) is 4.65. The summed E-state index contributed by atoms with van der Waals surface area (Å²) in [4.78, 5) is 13.2. The molecule has 1 N–H and O–H groups in total. The Morgan fingerprint density at radius 3 is 2.86 bits per heavy atom. The van der Waals surface area contributed by atoms with Crippen molar-refractivity contribution in [3.8, 4) is 5.75 Å². The minimum absolute atomic E-state index is 0.198. The number of furan rings is 1. The van der Waals surface area contributed by atoms with Crippen molar-refractivity contribution in [2.24, 2.45) is 0 Å². The third-order valence-corrected chi connectivity index (χ3v) is 3.09. The number of para-hydroxylation sites is 1. The molecule has 5 nitrogen and oxygen atoms in total. The van der Waals surface area contributed by atoms with Crippen LogP contribution >= 0.6 is 0 Å². The maximum absolute atomic E-state index is 11.0. The van der Waals surface area contributed by atoms with Crippen molar-refractivity contribution < 1.29 is 19.1 Å². The molecule has 1 aromatic heterocycles. The molecule has 21 heavy (non-hydrogen) atoms.